The van der Waals surface area contributed by atoms with Gasteiger partial charge in [0.2, 0.25) is 0 Å². The molecular formula is C50H35NO. The number of benzene rings is 8. The van der Waals surface area contributed by atoms with Crippen molar-refractivity contribution in [2.45, 2.75) is 12.3 Å². The normalized spacial score (nSPS) is 12.9. The van der Waals surface area contributed by atoms with Crippen LogP contribution in [0.3, 0.4) is 0 Å². The molecule has 0 radical (unpaired) electrons. The number of rotatable bonds is 6. The number of hydrogen-bond donors (Lipinski definition) is 0. The number of anilines is 3. The molecule has 0 aliphatic heterocycles. The second-order valence-electron chi connectivity index (χ2n) is 13.8. The zero-order valence-corrected chi connectivity index (χ0v) is 28.8. The topological polar surface area (TPSA) is 16.4 Å². The minimum absolute atomic E-state index is 0.351. The average molecular weight is 666 g/mol. The molecule has 52 heavy (non-hydrogen) atoms. The quantitative estimate of drug-likeness (QED) is 0.176. The molecule has 10 rings (SSSR count). The van der Waals surface area contributed by atoms with Gasteiger partial charge in [-0.15, -0.1) is 0 Å². The largest absolute Gasteiger partial charge is 0.456 e. The van der Waals surface area contributed by atoms with E-state index < -0.39 is 0 Å². The smallest absolute Gasteiger partial charge is 0.135 e. The molecule has 9 aromatic rings. The Hall–Kier alpha value is -6.64. The summed E-state index contributed by atoms with van der Waals surface area (Å²) in [6.45, 7) is 2.38. The predicted molar refractivity (Wildman–Crippen MR) is 217 cm³/mol. The Morgan fingerprint density at radius 3 is 1.60 bits per heavy atom. The third-order valence-electron chi connectivity index (χ3n) is 10.9. The Morgan fingerprint density at radius 2 is 0.904 bits per heavy atom. The van der Waals surface area contributed by atoms with Crippen molar-refractivity contribution >= 4 is 39.0 Å². The minimum Gasteiger partial charge on any atom is -0.456 e. The molecule has 0 amide bonds. The highest BCUT2D eigenvalue weighted by Crippen LogP contribution is 2.54. The van der Waals surface area contributed by atoms with Crippen molar-refractivity contribution in [3.63, 3.8) is 0 Å². The van der Waals surface area contributed by atoms with Crippen molar-refractivity contribution in [1.29, 1.82) is 0 Å². The van der Waals surface area contributed by atoms with Gasteiger partial charge >= 0.3 is 0 Å². The lowest BCUT2D eigenvalue weighted by Crippen LogP contribution is -2.22. The highest BCUT2D eigenvalue weighted by atomic mass is 16.3. The summed E-state index contributed by atoms with van der Waals surface area (Å²) in [5, 5.41) is 2.27. The average Bonchev–Trinajstić information content (AvgIpc) is 3.72. The first-order chi connectivity index (χ1) is 25.7. The molecule has 246 valence electrons. The molecule has 8 aromatic carbocycles. The van der Waals surface area contributed by atoms with Crippen LogP contribution in [0.25, 0.3) is 55.3 Å². The maximum absolute atomic E-state index is 6.64. The molecule has 0 saturated heterocycles. The van der Waals surface area contributed by atoms with E-state index in [2.05, 4.69) is 206 Å². The van der Waals surface area contributed by atoms with Crippen LogP contribution in [-0.2, 0) is 5.41 Å². The molecule has 2 nitrogen and oxygen atoms in total. The Balaban J connectivity index is 1.18. The van der Waals surface area contributed by atoms with E-state index >= 15 is 0 Å². The Labute approximate surface area is 303 Å². The summed E-state index contributed by atoms with van der Waals surface area (Å²) in [6, 6.07) is 69.8. The number of hydrogen-bond acceptors (Lipinski definition) is 2. The van der Waals surface area contributed by atoms with Gasteiger partial charge < -0.3 is 9.32 Å². The fourth-order valence-corrected chi connectivity index (χ4v) is 8.45. The highest BCUT2D eigenvalue weighted by molar-refractivity contribution is 6.09. The molecule has 0 unspecified atom stereocenters. The Bertz CT molecular complexity index is 2700. The van der Waals surface area contributed by atoms with E-state index in [4.69, 9.17) is 4.42 Å². The lowest BCUT2D eigenvalue weighted by atomic mass is 9.73. The zero-order chi connectivity index (χ0) is 34.6. The second kappa shape index (κ2) is 12.0. The summed E-state index contributed by atoms with van der Waals surface area (Å²) < 4.78 is 6.64. The highest BCUT2D eigenvalue weighted by Gasteiger charge is 2.42. The zero-order valence-electron chi connectivity index (χ0n) is 28.8. The summed E-state index contributed by atoms with van der Waals surface area (Å²) in [7, 11) is 0. The van der Waals surface area contributed by atoms with Crippen LogP contribution in [0.4, 0.5) is 17.1 Å². The van der Waals surface area contributed by atoms with E-state index in [1.807, 2.05) is 0 Å². The summed E-state index contributed by atoms with van der Waals surface area (Å²) in [4.78, 5) is 2.37. The summed E-state index contributed by atoms with van der Waals surface area (Å²) in [5.41, 5.74) is 15.9. The third kappa shape index (κ3) is 4.72. The van der Waals surface area contributed by atoms with Gasteiger partial charge in [0.1, 0.15) is 11.2 Å². The molecule has 0 atom stereocenters. The van der Waals surface area contributed by atoms with E-state index in [9.17, 15) is 0 Å². The van der Waals surface area contributed by atoms with E-state index in [-0.39, 0.29) is 5.41 Å². The molecule has 1 aliphatic rings. The van der Waals surface area contributed by atoms with Gasteiger partial charge in [0.05, 0.1) is 0 Å². The van der Waals surface area contributed by atoms with Gasteiger partial charge in [-0.3, -0.25) is 0 Å². The van der Waals surface area contributed by atoms with E-state index in [1.165, 1.54) is 50.1 Å². The monoisotopic (exact) mass is 665 g/mol. The van der Waals surface area contributed by atoms with Gasteiger partial charge in [-0.2, -0.15) is 0 Å². The number of furan rings is 1. The molecule has 2 heteroatoms. The van der Waals surface area contributed by atoms with Crippen LogP contribution in [0, 0.1) is 0 Å². The van der Waals surface area contributed by atoms with Crippen molar-refractivity contribution in [2.24, 2.45) is 0 Å². The van der Waals surface area contributed by atoms with Gasteiger partial charge in [0.15, 0.2) is 0 Å². The number of fused-ring (bicyclic) bond motifs is 6. The van der Waals surface area contributed by atoms with Crippen molar-refractivity contribution < 1.29 is 4.42 Å². The molecular weight excluding hydrogens is 631 g/mol. The van der Waals surface area contributed by atoms with Gasteiger partial charge in [0, 0.05) is 33.2 Å². The molecule has 0 saturated carbocycles. The summed E-state index contributed by atoms with van der Waals surface area (Å²) in [6.07, 6.45) is 0. The van der Waals surface area contributed by atoms with Gasteiger partial charge in [-0.1, -0.05) is 146 Å². The fourth-order valence-electron chi connectivity index (χ4n) is 8.45. The van der Waals surface area contributed by atoms with Crippen LogP contribution in [0.1, 0.15) is 23.6 Å². The maximum Gasteiger partial charge on any atom is 0.135 e. The SMILES string of the molecule is CC1(c2cccc3oc4ccc(N(c5ccc(-c6ccccc6)cc5)c5cccc(-c6ccccc6)c5)cc4c23)c2ccccc2-c2ccccc21. The third-order valence-corrected chi connectivity index (χ3v) is 10.9. The van der Waals surface area contributed by atoms with Crippen LogP contribution in [0.5, 0.6) is 0 Å². The minimum atomic E-state index is -0.351. The van der Waals surface area contributed by atoms with E-state index in [1.54, 1.807) is 0 Å². The van der Waals surface area contributed by atoms with E-state index in [0.717, 1.165) is 39.0 Å². The molecule has 1 aliphatic carbocycles. The molecule has 0 fully saturated rings. The van der Waals surface area contributed by atoms with Crippen molar-refractivity contribution in [3.05, 3.63) is 211 Å². The molecule has 0 bridgehead atoms. The van der Waals surface area contributed by atoms with E-state index in [0.29, 0.717) is 0 Å². The van der Waals surface area contributed by atoms with Crippen molar-refractivity contribution in [1.82, 2.24) is 0 Å². The second-order valence-corrected chi connectivity index (χ2v) is 13.8. The first-order valence-corrected chi connectivity index (χ1v) is 17.9. The van der Waals surface area contributed by atoms with Crippen LogP contribution in [-0.4, -0.2) is 0 Å². The van der Waals surface area contributed by atoms with Crippen LogP contribution < -0.4 is 4.90 Å². The summed E-state index contributed by atoms with van der Waals surface area (Å²) >= 11 is 0. The standard InChI is InChI=1S/C50H35NO/c1-50(44-22-10-8-20-41(44)42-21-9-11-23-45(42)50)46-24-13-25-48-49(46)43-33-40(30-31-47(43)52-48)51(38-28-26-36(27-29-38)34-14-4-2-5-15-34)39-19-12-18-37(32-39)35-16-6-3-7-17-35/h2-33H,1H3. The molecule has 1 aromatic heterocycles. The van der Waals surface area contributed by atoms with Gasteiger partial charge in [0.25, 0.3) is 0 Å². The first-order valence-electron chi connectivity index (χ1n) is 17.9. The molecule has 0 N–H and O–H groups in total. The number of nitrogens with zero attached hydrogens (tertiary/aromatic N) is 1. The molecule has 0 spiro atoms. The molecule has 1 heterocycles. The maximum atomic E-state index is 6.64. The Morgan fingerprint density at radius 1 is 0.385 bits per heavy atom. The first kappa shape index (κ1) is 30.2. The van der Waals surface area contributed by atoms with Crippen LogP contribution in [0.15, 0.2) is 199 Å². The van der Waals surface area contributed by atoms with Crippen LogP contribution >= 0.6 is 0 Å². The van der Waals surface area contributed by atoms with Crippen LogP contribution in [0.2, 0.25) is 0 Å². The van der Waals surface area contributed by atoms with Crippen molar-refractivity contribution in [2.75, 3.05) is 4.90 Å². The van der Waals surface area contributed by atoms with Crippen molar-refractivity contribution in [3.8, 4) is 33.4 Å². The lowest BCUT2D eigenvalue weighted by molar-refractivity contribution is 0.666. The fraction of sp³-hybridized carbons (Fsp3) is 0.0400. The predicted octanol–water partition coefficient (Wildman–Crippen LogP) is 13.7. The van der Waals surface area contributed by atoms with Gasteiger partial charge in [-0.25, -0.2) is 0 Å². The summed E-state index contributed by atoms with van der Waals surface area (Å²) in [5.74, 6) is 0. The van der Waals surface area contributed by atoms with Gasteiger partial charge in [-0.05, 0) is 106 Å². The Kier molecular flexibility index (Phi) is 6.97. The lowest BCUT2D eigenvalue weighted by Gasteiger charge is -2.29.